The monoisotopic (exact) mass is 275 g/mol. The minimum absolute atomic E-state index is 0.0479. The summed E-state index contributed by atoms with van der Waals surface area (Å²) >= 11 is 0. The average Bonchev–Trinajstić information content (AvgIpc) is 2.78. The molecule has 0 unspecified atom stereocenters. The van der Waals surface area contributed by atoms with E-state index in [4.69, 9.17) is 0 Å². The van der Waals surface area contributed by atoms with Gasteiger partial charge in [-0.2, -0.15) is 13.2 Å². The number of benzene rings is 1. The molecule has 1 fully saturated rings. The number of hydrogen-bond donors (Lipinski definition) is 2. The highest BCUT2D eigenvalue weighted by atomic mass is 19.4. The number of para-hydroxylation sites is 1. The van der Waals surface area contributed by atoms with Crippen LogP contribution in [0.5, 0.6) is 0 Å². The molecule has 0 saturated carbocycles. The fraction of sp³-hybridized carbons (Fsp3) is 0.455. The maximum Gasteiger partial charge on any atom is 0.420 e. The van der Waals surface area contributed by atoms with Crippen LogP contribution in [-0.2, 0) is 6.42 Å². The lowest BCUT2D eigenvalue weighted by atomic mass is 9.98. The maximum absolute atomic E-state index is 13.1. The number of nitrogens with zero attached hydrogens (tertiary/aromatic N) is 1. The van der Waals surface area contributed by atoms with E-state index in [0.29, 0.717) is 0 Å². The molecular formula is C11H12F3N3O2. The van der Waals surface area contributed by atoms with Crippen molar-refractivity contribution in [3.8, 4) is 0 Å². The van der Waals surface area contributed by atoms with Gasteiger partial charge in [0, 0.05) is 31.1 Å². The Bertz CT molecular complexity index is 484. The number of alkyl halides is 3. The molecule has 0 aliphatic carbocycles. The van der Waals surface area contributed by atoms with Crippen LogP contribution in [0.25, 0.3) is 0 Å². The quantitative estimate of drug-likeness (QED) is 0.649. The van der Waals surface area contributed by atoms with Crippen molar-refractivity contribution in [2.45, 2.75) is 18.3 Å². The van der Waals surface area contributed by atoms with Crippen molar-refractivity contribution in [2.75, 3.05) is 13.1 Å². The maximum atomic E-state index is 13.1. The van der Waals surface area contributed by atoms with E-state index >= 15 is 0 Å². The van der Waals surface area contributed by atoms with Crippen molar-refractivity contribution in [1.82, 2.24) is 10.6 Å². The van der Waals surface area contributed by atoms with Gasteiger partial charge in [-0.15, -0.1) is 0 Å². The van der Waals surface area contributed by atoms with Crippen molar-refractivity contribution >= 4 is 5.69 Å². The van der Waals surface area contributed by atoms with Gasteiger partial charge in [0.25, 0.3) is 5.69 Å². The summed E-state index contributed by atoms with van der Waals surface area (Å²) in [5.74, 6) is 0. The molecule has 19 heavy (non-hydrogen) atoms. The molecular weight excluding hydrogens is 263 g/mol. The molecule has 5 nitrogen and oxygen atoms in total. The predicted molar refractivity (Wildman–Crippen MR) is 61.6 cm³/mol. The van der Waals surface area contributed by atoms with Crippen LogP contribution in [0, 0.1) is 10.1 Å². The zero-order chi connectivity index (χ0) is 14.1. The van der Waals surface area contributed by atoms with E-state index in [1.165, 1.54) is 24.3 Å². The molecule has 0 bridgehead atoms. The van der Waals surface area contributed by atoms with Gasteiger partial charge in [-0.3, -0.25) is 20.7 Å². The van der Waals surface area contributed by atoms with Gasteiger partial charge in [0.15, 0.2) is 5.66 Å². The molecule has 1 saturated heterocycles. The molecule has 0 radical (unpaired) electrons. The molecule has 1 aliphatic rings. The number of rotatable bonds is 3. The second-order valence-electron chi connectivity index (χ2n) is 4.32. The Hall–Kier alpha value is -1.67. The highest BCUT2D eigenvalue weighted by molar-refractivity contribution is 5.41. The summed E-state index contributed by atoms with van der Waals surface area (Å²) in [7, 11) is 0. The molecule has 1 aromatic carbocycles. The molecule has 0 atom stereocenters. The minimum Gasteiger partial charge on any atom is -0.290 e. The van der Waals surface area contributed by atoms with E-state index in [-0.39, 0.29) is 24.3 Å². The van der Waals surface area contributed by atoms with Gasteiger partial charge in [-0.05, 0) is 0 Å². The summed E-state index contributed by atoms with van der Waals surface area (Å²) in [6, 6.07) is 5.46. The largest absolute Gasteiger partial charge is 0.420 e. The molecule has 1 aromatic rings. The minimum atomic E-state index is -4.53. The lowest BCUT2D eigenvalue weighted by Crippen LogP contribution is -2.62. The highest BCUT2D eigenvalue weighted by Gasteiger charge is 2.56. The Balaban J connectivity index is 2.36. The van der Waals surface area contributed by atoms with Gasteiger partial charge >= 0.3 is 6.18 Å². The fourth-order valence-corrected chi connectivity index (χ4v) is 2.16. The first-order valence-corrected chi connectivity index (χ1v) is 5.65. The van der Waals surface area contributed by atoms with Crippen molar-refractivity contribution in [3.63, 3.8) is 0 Å². The first kappa shape index (κ1) is 13.8. The third-order valence-electron chi connectivity index (χ3n) is 3.11. The number of nitro groups is 1. The normalized spacial score (nSPS) is 18.5. The standard InChI is InChI=1S/C11H12F3N3O2/c12-11(13,14)10(15-5-6-16-10)7-8-3-1-2-4-9(8)17(18)19/h1-4,15-16H,5-7H2. The van der Waals surface area contributed by atoms with E-state index in [2.05, 4.69) is 10.6 Å². The lowest BCUT2D eigenvalue weighted by molar-refractivity contribution is -0.385. The topological polar surface area (TPSA) is 67.2 Å². The van der Waals surface area contributed by atoms with Crippen molar-refractivity contribution in [2.24, 2.45) is 0 Å². The van der Waals surface area contributed by atoms with Crippen molar-refractivity contribution in [1.29, 1.82) is 0 Å². The van der Waals surface area contributed by atoms with Crippen molar-refractivity contribution in [3.05, 3.63) is 39.9 Å². The second-order valence-corrected chi connectivity index (χ2v) is 4.32. The Kier molecular flexibility index (Phi) is 3.46. The van der Waals surface area contributed by atoms with E-state index in [0.717, 1.165) is 0 Å². The van der Waals surface area contributed by atoms with Gasteiger partial charge in [-0.25, -0.2) is 0 Å². The number of hydrogen-bond acceptors (Lipinski definition) is 4. The Morgan fingerprint density at radius 3 is 2.37 bits per heavy atom. The van der Waals surface area contributed by atoms with Crippen molar-refractivity contribution < 1.29 is 18.1 Å². The van der Waals surface area contributed by atoms with E-state index in [9.17, 15) is 23.3 Å². The van der Waals surface area contributed by atoms with Crippen LogP contribution in [-0.4, -0.2) is 29.9 Å². The Labute approximate surface area is 106 Å². The van der Waals surface area contributed by atoms with Crippen LogP contribution in [0.1, 0.15) is 5.56 Å². The molecule has 0 spiro atoms. The van der Waals surface area contributed by atoms with Gasteiger partial charge in [0.1, 0.15) is 0 Å². The van der Waals surface area contributed by atoms with Gasteiger partial charge in [-0.1, -0.05) is 18.2 Å². The third kappa shape index (κ3) is 2.54. The predicted octanol–water partition coefficient (Wildman–Crippen LogP) is 1.59. The number of nitrogens with one attached hydrogen (secondary N) is 2. The second kappa shape index (κ2) is 4.78. The van der Waals surface area contributed by atoms with Crippen LogP contribution in [0.4, 0.5) is 18.9 Å². The lowest BCUT2D eigenvalue weighted by Gasteiger charge is -2.32. The highest BCUT2D eigenvalue weighted by Crippen LogP contribution is 2.34. The van der Waals surface area contributed by atoms with Crippen LogP contribution >= 0.6 is 0 Å². The first-order chi connectivity index (χ1) is 8.86. The van der Waals surface area contributed by atoms with E-state index in [1.54, 1.807) is 0 Å². The SMILES string of the molecule is O=[N+]([O-])c1ccccc1CC1(C(F)(F)F)NCCN1. The molecule has 104 valence electrons. The average molecular weight is 275 g/mol. The Morgan fingerprint density at radius 2 is 1.84 bits per heavy atom. The number of halogens is 3. The van der Waals surface area contributed by atoms with Gasteiger partial charge < -0.3 is 0 Å². The van der Waals surface area contributed by atoms with Crippen LogP contribution in [0.15, 0.2) is 24.3 Å². The van der Waals surface area contributed by atoms with E-state index < -0.39 is 23.2 Å². The summed E-state index contributed by atoms with van der Waals surface area (Å²) in [4.78, 5) is 10.2. The van der Waals surface area contributed by atoms with Crippen LogP contribution in [0.2, 0.25) is 0 Å². The third-order valence-corrected chi connectivity index (χ3v) is 3.11. The van der Waals surface area contributed by atoms with Gasteiger partial charge in [0.2, 0.25) is 0 Å². The molecule has 1 aliphatic heterocycles. The zero-order valence-electron chi connectivity index (χ0n) is 9.83. The van der Waals surface area contributed by atoms with Crippen LogP contribution < -0.4 is 10.6 Å². The number of nitro benzene ring substituents is 1. The van der Waals surface area contributed by atoms with Gasteiger partial charge in [0.05, 0.1) is 4.92 Å². The molecule has 2 rings (SSSR count). The summed E-state index contributed by atoms with van der Waals surface area (Å²) in [6.45, 7) is 0.334. The summed E-state index contributed by atoms with van der Waals surface area (Å²) < 4.78 is 39.4. The van der Waals surface area contributed by atoms with E-state index in [1.807, 2.05) is 0 Å². The summed E-state index contributed by atoms with van der Waals surface area (Å²) in [5.41, 5.74) is -2.55. The summed E-state index contributed by atoms with van der Waals surface area (Å²) in [5, 5.41) is 15.6. The smallest absolute Gasteiger partial charge is 0.290 e. The Morgan fingerprint density at radius 1 is 1.26 bits per heavy atom. The fourth-order valence-electron chi connectivity index (χ4n) is 2.16. The molecule has 0 aromatic heterocycles. The first-order valence-electron chi connectivity index (χ1n) is 5.65. The van der Waals surface area contributed by atoms with Crippen LogP contribution in [0.3, 0.4) is 0 Å². The zero-order valence-corrected chi connectivity index (χ0v) is 9.83. The molecule has 0 amide bonds. The molecule has 2 N–H and O–H groups in total. The molecule has 1 heterocycles. The molecule has 8 heteroatoms. The summed E-state index contributed by atoms with van der Waals surface area (Å²) in [6.07, 6.45) is -5.05.